The van der Waals surface area contributed by atoms with Gasteiger partial charge >= 0.3 is 5.97 Å². The predicted octanol–water partition coefficient (Wildman–Crippen LogP) is 1.86. The molecule has 80 valence electrons. The second-order valence-corrected chi connectivity index (χ2v) is 3.83. The molecule has 0 radical (unpaired) electrons. The summed E-state index contributed by atoms with van der Waals surface area (Å²) in [5.41, 5.74) is 7.23. The monoisotopic (exact) mass is 209 g/mol. The Morgan fingerprint density at radius 2 is 2.27 bits per heavy atom. The van der Waals surface area contributed by atoms with E-state index < -0.39 is 11.8 Å². The number of hydrogen-bond acceptors (Lipinski definition) is 2. The van der Waals surface area contributed by atoms with Crippen molar-refractivity contribution in [1.29, 1.82) is 0 Å². The third kappa shape index (κ3) is 1.72. The van der Waals surface area contributed by atoms with Gasteiger partial charge in [0.05, 0.1) is 5.56 Å². The number of carboxylic acids is 1. The maximum absolute atomic E-state index is 13.2. The molecule has 15 heavy (non-hydrogen) atoms. The van der Waals surface area contributed by atoms with Gasteiger partial charge in [0, 0.05) is 6.04 Å². The van der Waals surface area contributed by atoms with Crippen LogP contribution in [0.4, 0.5) is 4.39 Å². The zero-order chi connectivity index (χ0) is 11.0. The average molecular weight is 209 g/mol. The number of aromatic carboxylic acids is 1. The summed E-state index contributed by atoms with van der Waals surface area (Å²) in [5, 5.41) is 8.94. The van der Waals surface area contributed by atoms with Crippen molar-refractivity contribution in [2.24, 2.45) is 5.73 Å². The topological polar surface area (TPSA) is 63.3 Å². The standard InChI is InChI=1S/C11H12FNO2/c12-6-4-8-7(2-1-3-10(8)13)9(5-6)11(14)15/h4-5,10H,1-3,13H2,(H,14,15). The van der Waals surface area contributed by atoms with Crippen LogP contribution in [0.25, 0.3) is 0 Å². The maximum Gasteiger partial charge on any atom is 0.336 e. The van der Waals surface area contributed by atoms with Crippen LogP contribution < -0.4 is 5.73 Å². The first-order valence-corrected chi connectivity index (χ1v) is 4.91. The molecule has 1 unspecified atom stereocenters. The number of carboxylic acid groups (broad SMARTS) is 1. The van der Waals surface area contributed by atoms with E-state index >= 15 is 0 Å². The lowest BCUT2D eigenvalue weighted by Gasteiger charge is -2.23. The summed E-state index contributed by atoms with van der Waals surface area (Å²) >= 11 is 0. The molecule has 3 N–H and O–H groups in total. The van der Waals surface area contributed by atoms with Gasteiger partial charge in [-0.25, -0.2) is 9.18 Å². The molecular weight excluding hydrogens is 197 g/mol. The van der Waals surface area contributed by atoms with Crippen molar-refractivity contribution < 1.29 is 14.3 Å². The largest absolute Gasteiger partial charge is 0.478 e. The number of fused-ring (bicyclic) bond motifs is 1. The molecule has 1 aliphatic carbocycles. The highest BCUT2D eigenvalue weighted by Gasteiger charge is 2.23. The Labute approximate surface area is 86.7 Å². The first kappa shape index (κ1) is 10.1. The Kier molecular flexibility index (Phi) is 2.44. The summed E-state index contributed by atoms with van der Waals surface area (Å²) in [6.07, 6.45) is 2.32. The molecule has 1 atom stereocenters. The quantitative estimate of drug-likeness (QED) is 0.742. The van der Waals surface area contributed by atoms with Crippen molar-refractivity contribution in [1.82, 2.24) is 0 Å². The summed E-state index contributed by atoms with van der Waals surface area (Å²) in [6, 6.07) is 2.19. The number of benzene rings is 1. The molecule has 1 aromatic rings. The lowest BCUT2D eigenvalue weighted by molar-refractivity contribution is 0.0694. The molecule has 0 heterocycles. The molecule has 0 spiro atoms. The second kappa shape index (κ2) is 3.62. The first-order chi connectivity index (χ1) is 7.09. The molecule has 4 heteroatoms. The van der Waals surface area contributed by atoms with E-state index in [2.05, 4.69) is 0 Å². The fourth-order valence-corrected chi connectivity index (χ4v) is 2.11. The summed E-state index contributed by atoms with van der Waals surface area (Å²) < 4.78 is 13.2. The molecule has 0 amide bonds. The molecule has 0 aromatic heterocycles. The number of rotatable bonds is 1. The fraction of sp³-hybridized carbons (Fsp3) is 0.364. The van der Waals surface area contributed by atoms with Gasteiger partial charge in [-0.15, -0.1) is 0 Å². The normalized spacial score (nSPS) is 19.7. The second-order valence-electron chi connectivity index (χ2n) is 3.83. The van der Waals surface area contributed by atoms with Gasteiger partial charge < -0.3 is 10.8 Å². The molecule has 0 bridgehead atoms. The average Bonchev–Trinajstić information content (AvgIpc) is 2.18. The van der Waals surface area contributed by atoms with Crippen LogP contribution in [0.1, 0.15) is 40.4 Å². The van der Waals surface area contributed by atoms with Gasteiger partial charge in [-0.3, -0.25) is 0 Å². The van der Waals surface area contributed by atoms with E-state index in [1.54, 1.807) is 0 Å². The SMILES string of the molecule is NC1CCCc2c(C(=O)O)cc(F)cc21. The van der Waals surface area contributed by atoms with Crippen LogP contribution in [-0.4, -0.2) is 11.1 Å². The zero-order valence-corrected chi connectivity index (χ0v) is 8.16. The van der Waals surface area contributed by atoms with Crippen molar-refractivity contribution >= 4 is 5.97 Å². The summed E-state index contributed by atoms with van der Waals surface area (Å²) in [7, 11) is 0. The Morgan fingerprint density at radius 1 is 1.53 bits per heavy atom. The molecule has 0 saturated heterocycles. The van der Waals surface area contributed by atoms with E-state index in [1.165, 1.54) is 6.07 Å². The highest BCUT2D eigenvalue weighted by Crippen LogP contribution is 2.31. The highest BCUT2D eigenvalue weighted by molar-refractivity contribution is 5.90. The summed E-state index contributed by atoms with van der Waals surface area (Å²) in [6.45, 7) is 0. The Morgan fingerprint density at radius 3 is 2.93 bits per heavy atom. The maximum atomic E-state index is 13.2. The van der Waals surface area contributed by atoms with Gasteiger partial charge in [0.25, 0.3) is 0 Å². The third-order valence-electron chi connectivity index (χ3n) is 2.82. The number of nitrogens with two attached hydrogens (primary N) is 1. The van der Waals surface area contributed by atoms with Crippen molar-refractivity contribution in [3.8, 4) is 0 Å². The predicted molar refractivity (Wildman–Crippen MR) is 53.2 cm³/mol. The minimum absolute atomic E-state index is 0.0557. The molecule has 0 saturated carbocycles. The molecule has 2 rings (SSSR count). The van der Waals surface area contributed by atoms with Crippen molar-refractivity contribution in [2.45, 2.75) is 25.3 Å². The molecular formula is C11H12FNO2. The number of carbonyl (C=O) groups is 1. The smallest absolute Gasteiger partial charge is 0.336 e. The molecule has 1 aliphatic rings. The lowest BCUT2D eigenvalue weighted by atomic mass is 9.85. The third-order valence-corrected chi connectivity index (χ3v) is 2.82. The Bertz CT molecular complexity index is 417. The highest BCUT2D eigenvalue weighted by atomic mass is 19.1. The van der Waals surface area contributed by atoms with Gasteiger partial charge in [-0.05, 0) is 42.5 Å². The molecule has 3 nitrogen and oxygen atoms in total. The molecule has 0 aliphatic heterocycles. The van der Waals surface area contributed by atoms with Gasteiger partial charge in [-0.1, -0.05) is 0 Å². The van der Waals surface area contributed by atoms with Gasteiger partial charge in [0.15, 0.2) is 0 Å². The minimum atomic E-state index is -1.08. The molecule has 1 aromatic carbocycles. The van der Waals surface area contributed by atoms with Gasteiger partial charge in [-0.2, -0.15) is 0 Å². The van der Waals surface area contributed by atoms with E-state index in [0.717, 1.165) is 18.9 Å². The van der Waals surface area contributed by atoms with Crippen molar-refractivity contribution in [3.63, 3.8) is 0 Å². The van der Waals surface area contributed by atoms with Crippen LogP contribution in [0.15, 0.2) is 12.1 Å². The van der Waals surface area contributed by atoms with Crippen molar-refractivity contribution in [2.75, 3.05) is 0 Å². The van der Waals surface area contributed by atoms with E-state index in [0.29, 0.717) is 17.5 Å². The lowest BCUT2D eigenvalue weighted by Crippen LogP contribution is -2.20. The Balaban J connectivity index is 2.62. The van der Waals surface area contributed by atoms with E-state index in [1.807, 2.05) is 0 Å². The van der Waals surface area contributed by atoms with E-state index in [4.69, 9.17) is 10.8 Å². The van der Waals surface area contributed by atoms with E-state index in [-0.39, 0.29) is 11.6 Å². The van der Waals surface area contributed by atoms with E-state index in [9.17, 15) is 9.18 Å². The van der Waals surface area contributed by atoms with Crippen LogP contribution >= 0.6 is 0 Å². The zero-order valence-electron chi connectivity index (χ0n) is 8.16. The van der Waals surface area contributed by atoms with Crippen molar-refractivity contribution in [3.05, 3.63) is 34.6 Å². The van der Waals surface area contributed by atoms with Crippen LogP contribution in [0.5, 0.6) is 0 Å². The van der Waals surface area contributed by atoms with Crippen LogP contribution in [0.3, 0.4) is 0 Å². The summed E-state index contributed by atoms with van der Waals surface area (Å²) in [4.78, 5) is 10.9. The number of halogens is 1. The van der Waals surface area contributed by atoms with Gasteiger partial charge in [0.1, 0.15) is 5.82 Å². The number of hydrogen-bond donors (Lipinski definition) is 2. The van der Waals surface area contributed by atoms with Crippen LogP contribution in [-0.2, 0) is 6.42 Å². The summed E-state index contributed by atoms with van der Waals surface area (Å²) in [5.74, 6) is -1.61. The van der Waals surface area contributed by atoms with Crippen LogP contribution in [0.2, 0.25) is 0 Å². The Hall–Kier alpha value is -1.42. The molecule has 0 fully saturated rings. The van der Waals surface area contributed by atoms with Gasteiger partial charge in [0.2, 0.25) is 0 Å². The fourth-order valence-electron chi connectivity index (χ4n) is 2.11. The minimum Gasteiger partial charge on any atom is -0.478 e. The first-order valence-electron chi connectivity index (χ1n) is 4.91. The van der Waals surface area contributed by atoms with Crippen LogP contribution in [0, 0.1) is 5.82 Å².